The molecule has 1 heterocycles. The maximum atomic E-state index is 13.5. The van der Waals surface area contributed by atoms with E-state index in [0.717, 1.165) is 32.6 Å². The van der Waals surface area contributed by atoms with Gasteiger partial charge in [-0.05, 0) is 53.1 Å². The van der Waals surface area contributed by atoms with Crippen molar-refractivity contribution in [2.45, 2.75) is 6.42 Å². The zero-order valence-electron chi connectivity index (χ0n) is 17.1. The van der Waals surface area contributed by atoms with Crippen molar-refractivity contribution in [2.75, 3.05) is 4.90 Å². The van der Waals surface area contributed by atoms with Gasteiger partial charge in [-0.15, -0.1) is 0 Å². The standard InChI is InChI=1S/C27H19ClN2OS/c28-22-14-16-23(17-15-22)30(27-29-24-8-4-5-9-25(24)32-27)26(31)18-19-10-12-21(13-11-19)20-6-2-1-3-7-20/h1-17H,18H2. The van der Waals surface area contributed by atoms with E-state index in [1.54, 1.807) is 17.0 Å². The van der Waals surface area contributed by atoms with E-state index in [9.17, 15) is 4.79 Å². The molecular weight excluding hydrogens is 436 g/mol. The van der Waals surface area contributed by atoms with E-state index in [1.807, 2.05) is 66.7 Å². The Morgan fingerprint density at radius 2 is 1.44 bits per heavy atom. The van der Waals surface area contributed by atoms with Crippen molar-refractivity contribution in [1.82, 2.24) is 4.98 Å². The van der Waals surface area contributed by atoms with Gasteiger partial charge in [0, 0.05) is 5.02 Å². The largest absolute Gasteiger partial charge is 0.274 e. The summed E-state index contributed by atoms with van der Waals surface area (Å²) in [6.07, 6.45) is 0.271. The molecule has 0 unspecified atom stereocenters. The molecule has 4 aromatic carbocycles. The summed E-state index contributed by atoms with van der Waals surface area (Å²) in [5.41, 5.74) is 4.87. The van der Waals surface area contributed by atoms with Gasteiger partial charge >= 0.3 is 0 Å². The first-order chi connectivity index (χ1) is 15.7. The summed E-state index contributed by atoms with van der Waals surface area (Å²) in [7, 11) is 0. The summed E-state index contributed by atoms with van der Waals surface area (Å²) in [6.45, 7) is 0. The monoisotopic (exact) mass is 454 g/mol. The number of nitrogens with zero attached hydrogens (tertiary/aromatic N) is 2. The first-order valence-electron chi connectivity index (χ1n) is 10.3. The Morgan fingerprint density at radius 3 is 2.16 bits per heavy atom. The third-order valence-electron chi connectivity index (χ3n) is 5.22. The minimum absolute atomic E-state index is 0.0427. The fourth-order valence-corrected chi connectivity index (χ4v) is 4.74. The van der Waals surface area contributed by atoms with Gasteiger partial charge in [0.05, 0.1) is 22.3 Å². The van der Waals surface area contributed by atoms with Crippen molar-refractivity contribution < 1.29 is 4.79 Å². The second-order valence-corrected chi connectivity index (χ2v) is 8.85. The Hall–Kier alpha value is -3.47. The first kappa shape index (κ1) is 20.4. The zero-order chi connectivity index (χ0) is 21.9. The van der Waals surface area contributed by atoms with Gasteiger partial charge in [0.1, 0.15) is 0 Å². The normalized spacial score (nSPS) is 10.9. The third kappa shape index (κ3) is 4.28. The molecule has 1 amide bonds. The summed E-state index contributed by atoms with van der Waals surface area (Å²) in [5, 5.41) is 1.28. The quantitative estimate of drug-likeness (QED) is 0.275. The summed E-state index contributed by atoms with van der Waals surface area (Å²) >= 11 is 7.59. The summed E-state index contributed by atoms with van der Waals surface area (Å²) < 4.78 is 1.04. The van der Waals surface area contributed by atoms with Crippen molar-refractivity contribution in [3.8, 4) is 11.1 Å². The number of hydrogen-bond donors (Lipinski definition) is 0. The van der Waals surface area contributed by atoms with Gasteiger partial charge in [0.15, 0.2) is 5.13 Å². The van der Waals surface area contributed by atoms with Crippen LogP contribution in [0.4, 0.5) is 10.8 Å². The fraction of sp³-hybridized carbons (Fsp3) is 0.0370. The molecule has 0 aliphatic rings. The van der Waals surface area contributed by atoms with E-state index >= 15 is 0 Å². The second-order valence-electron chi connectivity index (χ2n) is 7.41. The number of halogens is 1. The number of hydrogen-bond acceptors (Lipinski definition) is 3. The average molecular weight is 455 g/mol. The Labute approximate surface area is 195 Å². The predicted octanol–water partition coefficient (Wildman–Crippen LogP) is 7.52. The van der Waals surface area contributed by atoms with Crippen LogP contribution in [-0.2, 0) is 11.2 Å². The van der Waals surface area contributed by atoms with Gasteiger partial charge in [-0.25, -0.2) is 4.98 Å². The van der Waals surface area contributed by atoms with Gasteiger partial charge in [-0.3, -0.25) is 9.69 Å². The van der Waals surface area contributed by atoms with Crippen molar-refractivity contribution in [3.05, 3.63) is 114 Å². The third-order valence-corrected chi connectivity index (χ3v) is 6.50. The van der Waals surface area contributed by atoms with Crippen LogP contribution in [0.2, 0.25) is 5.02 Å². The Morgan fingerprint density at radius 1 is 0.781 bits per heavy atom. The number of fused-ring (bicyclic) bond motifs is 1. The number of aromatic nitrogens is 1. The molecule has 5 heteroatoms. The van der Waals surface area contributed by atoms with Gasteiger partial charge in [0.2, 0.25) is 5.91 Å². The summed E-state index contributed by atoms with van der Waals surface area (Å²) in [5.74, 6) is -0.0427. The Kier molecular flexibility index (Phi) is 5.71. The van der Waals surface area contributed by atoms with E-state index in [2.05, 4.69) is 24.3 Å². The lowest BCUT2D eigenvalue weighted by Crippen LogP contribution is -2.27. The number of thiazole rings is 1. The summed E-state index contributed by atoms with van der Waals surface area (Å²) in [6, 6.07) is 33.5. The minimum atomic E-state index is -0.0427. The number of amides is 1. The molecular formula is C27H19ClN2OS. The molecule has 5 aromatic rings. The van der Waals surface area contributed by atoms with Crippen LogP contribution < -0.4 is 4.90 Å². The van der Waals surface area contributed by atoms with E-state index in [-0.39, 0.29) is 12.3 Å². The maximum absolute atomic E-state index is 13.5. The molecule has 32 heavy (non-hydrogen) atoms. The molecule has 0 spiro atoms. The van der Waals surface area contributed by atoms with Crippen molar-refractivity contribution in [3.63, 3.8) is 0 Å². The molecule has 0 bridgehead atoms. The van der Waals surface area contributed by atoms with Crippen molar-refractivity contribution >= 4 is 49.9 Å². The maximum Gasteiger partial charge on any atom is 0.237 e. The number of carbonyl (C=O) groups excluding carboxylic acids is 1. The minimum Gasteiger partial charge on any atom is -0.274 e. The van der Waals surface area contributed by atoms with E-state index in [0.29, 0.717) is 10.2 Å². The highest BCUT2D eigenvalue weighted by Crippen LogP contribution is 2.34. The Balaban J connectivity index is 1.46. The van der Waals surface area contributed by atoms with Crippen LogP contribution in [0.1, 0.15) is 5.56 Å². The highest BCUT2D eigenvalue weighted by Gasteiger charge is 2.22. The van der Waals surface area contributed by atoms with Crippen LogP contribution in [0, 0.1) is 0 Å². The summed E-state index contributed by atoms with van der Waals surface area (Å²) in [4.78, 5) is 19.9. The number of carbonyl (C=O) groups is 1. The van der Waals surface area contributed by atoms with Crippen molar-refractivity contribution in [2.24, 2.45) is 0 Å². The lowest BCUT2D eigenvalue weighted by atomic mass is 10.0. The van der Waals surface area contributed by atoms with Crippen LogP contribution in [0.5, 0.6) is 0 Å². The van der Waals surface area contributed by atoms with Gasteiger partial charge in [0.25, 0.3) is 0 Å². The van der Waals surface area contributed by atoms with Crippen LogP contribution >= 0.6 is 22.9 Å². The van der Waals surface area contributed by atoms with E-state index in [1.165, 1.54) is 11.3 Å². The van der Waals surface area contributed by atoms with Crippen molar-refractivity contribution in [1.29, 1.82) is 0 Å². The molecule has 0 aliphatic heterocycles. The smallest absolute Gasteiger partial charge is 0.237 e. The fourth-order valence-electron chi connectivity index (χ4n) is 3.61. The molecule has 0 N–H and O–H groups in total. The van der Waals surface area contributed by atoms with E-state index < -0.39 is 0 Å². The van der Waals surface area contributed by atoms with Crippen LogP contribution in [0.15, 0.2) is 103 Å². The molecule has 0 saturated heterocycles. The molecule has 3 nitrogen and oxygen atoms in total. The number of benzene rings is 4. The molecule has 0 saturated carbocycles. The van der Waals surface area contributed by atoms with Crippen LogP contribution in [0.25, 0.3) is 21.3 Å². The zero-order valence-corrected chi connectivity index (χ0v) is 18.7. The van der Waals surface area contributed by atoms with Gasteiger partial charge in [-0.1, -0.05) is 89.7 Å². The van der Waals surface area contributed by atoms with Crippen LogP contribution in [0.3, 0.4) is 0 Å². The average Bonchev–Trinajstić information content (AvgIpc) is 3.25. The van der Waals surface area contributed by atoms with Gasteiger partial charge in [-0.2, -0.15) is 0 Å². The van der Waals surface area contributed by atoms with Crippen LogP contribution in [-0.4, -0.2) is 10.9 Å². The molecule has 1 aromatic heterocycles. The molecule has 156 valence electrons. The Bertz CT molecular complexity index is 1330. The first-order valence-corrected chi connectivity index (χ1v) is 11.5. The molecule has 0 aliphatic carbocycles. The van der Waals surface area contributed by atoms with Gasteiger partial charge < -0.3 is 0 Å². The molecule has 5 rings (SSSR count). The molecule has 0 atom stereocenters. The lowest BCUT2D eigenvalue weighted by molar-refractivity contribution is -0.117. The number of rotatable bonds is 5. The highest BCUT2D eigenvalue weighted by molar-refractivity contribution is 7.22. The number of anilines is 2. The lowest BCUT2D eigenvalue weighted by Gasteiger charge is -2.20. The topological polar surface area (TPSA) is 33.2 Å². The highest BCUT2D eigenvalue weighted by atomic mass is 35.5. The van der Waals surface area contributed by atoms with E-state index in [4.69, 9.17) is 16.6 Å². The SMILES string of the molecule is O=C(Cc1ccc(-c2ccccc2)cc1)N(c1ccc(Cl)cc1)c1nc2ccccc2s1. The molecule has 0 fully saturated rings. The predicted molar refractivity (Wildman–Crippen MR) is 134 cm³/mol. The number of para-hydroxylation sites is 1. The molecule has 0 radical (unpaired) electrons. The second kappa shape index (κ2) is 8.95.